The highest BCUT2D eigenvalue weighted by Crippen LogP contribution is 2.33. The minimum atomic E-state index is -0.731. The van der Waals surface area contributed by atoms with Gasteiger partial charge in [-0.1, -0.05) is 23.2 Å². The SMILES string of the molecule is O=C(COc1ccc(Cl)cc1)NN1C(=O)c2cc(Cl)ccc2NC1c1ccco1. The second kappa shape index (κ2) is 8.06. The fourth-order valence-corrected chi connectivity index (χ4v) is 3.18. The summed E-state index contributed by atoms with van der Waals surface area (Å²) in [5.41, 5.74) is 3.50. The number of ether oxygens (including phenoxy) is 1. The summed E-state index contributed by atoms with van der Waals surface area (Å²) in [6, 6.07) is 14.9. The fraction of sp³-hybridized carbons (Fsp3) is 0.100. The van der Waals surface area contributed by atoms with Gasteiger partial charge in [0.1, 0.15) is 11.5 Å². The minimum Gasteiger partial charge on any atom is -0.484 e. The smallest absolute Gasteiger partial charge is 0.276 e. The van der Waals surface area contributed by atoms with Crippen LogP contribution in [0.25, 0.3) is 0 Å². The van der Waals surface area contributed by atoms with Gasteiger partial charge in [0.2, 0.25) is 0 Å². The van der Waals surface area contributed by atoms with E-state index < -0.39 is 18.0 Å². The average Bonchev–Trinajstić information content (AvgIpc) is 3.24. The molecule has 1 unspecified atom stereocenters. The lowest BCUT2D eigenvalue weighted by molar-refractivity contribution is -0.127. The van der Waals surface area contributed by atoms with E-state index in [2.05, 4.69) is 10.7 Å². The summed E-state index contributed by atoms with van der Waals surface area (Å²) >= 11 is 11.9. The zero-order valence-corrected chi connectivity index (χ0v) is 16.4. The van der Waals surface area contributed by atoms with E-state index in [0.717, 1.165) is 5.01 Å². The van der Waals surface area contributed by atoms with Gasteiger partial charge in [0.25, 0.3) is 11.8 Å². The lowest BCUT2D eigenvalue weighted by Gasteiger charge is -2.36. The Morgan fingerprint density at radius 1 is 1.14 bits per heavy atom. The molecule has 2 amide bonds. The molecule has 9 heteroatoms. The van der Waals surface area contributed by atoms with Crippen molar-refractivity contribution in [3.05, 3.63) is 82.2 Å². The van der Waals surface area contributed by atoms with Gasteiger partial charge >= 0.3 is 0 Å². The van der Waals surface area contributed by atoms with Crippen LogP contribution in [0.5, 0.6) is 5.75 Å². The number of anilines is 1. The van der Waals surface area contributed by atoms with Crippen LogP contribution in [0.2, 0.25) is 10.0 Å². The summed E-state index contributed by atoms with van der Waals surface area (Å²) in [6.07, 6.45) is 0.758. The number of hydrogen-bond donors (Lipinski definition) is 2. The molecular weight excluding hydrogens is 417 g/mol. The number of fused-ring (bicyclic) bond motifs is 1. The molecule has 4 rings (SSSR count). The van der Waals surface area contributed by atoms with Gasteiger partial charge in [-0.15, -0.1) is 0 Å². The van der Waals surface area contributed by atoms with Gasteiger partial charge < -0.3 is 14.5 Å². The molecule has 0 saturated carbocycles. The monoisotopic (exact) mass is 431 g/mol. The van der Waals surface area contributed by atoms with Gasteiger partial charge in [0.05, 0.1) is 11.8 Å². The Morgan fingerprint density at radius 2 is 1.90 bits per heavy atom. The van der Waals surface area contributed by atoms with Gasteiger partial charge in [-0.05, 0) is 54.6 Å². The highest BCUT2D eigenvalue weighted by atomic mass is 35.5. The minimum absolute atomic E-state index is 0.293. The summed E-state index contributed by atoms with van der Waals surface area (Å²) in [5.74, 6) is -0.00939. The summed E-state index contributed by atoms with van der Waals surface area (Å²) in [5, 5.41) is 5.30. The Balaban J connectivity index is 1.53. The maximum atomic E-state index is 13.0. The number of furan rings is 1. The first-order valence-corrected chi connectivity index (χ1v) is 9.38. The molecule has 0 bridgehead atoms. The molecule has 29 heavy (non-hydrogen) atoms. The first-order valence-electron chi connectivity index (χ1n) is 8.62. The zero-order valence-electron chi connectivity index (χ0n) is 14.9. The van der Waals surface area contributed by atoms with Crippen LogP contribution >= 0.6 is 23.2 Å². The first kappa shape index (κ1) is 19.2. The normalized spacial score (nSPS) is 15.4. The topological polar surface area (TPSA) is 83.8 Å². The Hall–Kier alpha value is -3.16. The number of amides is 2. The van der Waals surface area contributed by atoms with E-state index in [1.54, 1.807) is 48.5 Å². The number of rotatable bonds is 5. The van der Waals surface area contributed by atoms with E-state index >= 15 is 0 Å². The summed E-state index contributed by atoms with van der Waals surface area (Å²) in [6.45, 7) is -0.293. The van der Waals surface area contributed by atoms with E-state index in [0.29, 0.717) is 32.8 Å². The number of nitrogens with one attached hydrogen (secondary N) is 2. The van der Waals surface area contributed by atoms with Gasteiger partial charge in [0, 0.05) is 15.7 Å². The molecule has 1 atom stereocenters. The molecule has 148 valence electrons. The predicted molar refractivity (Wildman–Crippen MR) is 108 cm³/mol. The van der Waals surface area contributed by atoms with Crippen molar-refractivity contribution < 1.29 is 18.7 Å². The zero-order chi connectivity index (χ0) is 20.4. The molecule has 1 aliphatic heterocycles. The average molecular weight is 432 g/mol. The number of benzene rings is 2. The molecular formula is C20H15Cl2N3O4. The molecule has 0 radical (unpaired) electrons. The molecule has 0 fully saturated rings. The quantitative estimate of drug-likeness (QED) is 0.630. The largest absolute Gasteiger partial charge is 0.484 e. The molecule has 0 aliphatic carbocycles. The molecule has 0 spiro atoms. The Labute approximate surface area is 176 Å². The summed E-state index contributed by atoms with van der Waals surface area (Å²) < 4.78 is 10.9. The van der Waals surface area contributed by atoms with E-state index in [9.17, 15) is 9.59 Å². The number of nitrogens with zero attached hydrogens (tertiary/aromatic N) is 1. The van der Waals surface area contributed by atoms with Crippen molar-refractivity contribution in [1.82, 2.24) is 10.4 Å². The van der Waals surface area contributed by atoms with E-state index in [1.165, 1.54) is 12.3 Å². The van der Waals surface area contributed by atoms with Gasteiger partial charge in [-0.25, -0.2) is 5.01 Å². The fourth-order valence-electron chi connectivity index (χ4n) is 2.89. The van der Waals surface area contributed by atoms with Crippen molar-refractivity contribution in [3.63, 3.8) is 0 Å². The summed E-state index contributed by atoms with van der Waals surface area (Å²) in [4.78, 5) is 25.5. The maximum absolute atomic E-state index is 13.0. The van der Waals surface area contributed by atoms with Crippen LogP contribution in [-0.2, 0) is 4.79 Å². The van der Waals surface area contributed by atoms with Crippen molar-refractivity contribution in [1.29, 1.82) is 0 Å². The van der Waals surface area contributed by atoms with Crippen molar-refractivity contribution in [3.8, 4) is 5.75 Å². The molecule has 2 heterocycles. The predicted octanol–water partition coefficient (Wildman–Crippen LogP) is 4.26. The third-order valence-corrected chi connectivity index (χ3v) is 4.71. The first-order chi connectivity index (χ1) is 14.0. The van der Waals surface area contributed by atoms with Crippen LogP contribution in [-0.4, -0.2) is 23.4 Å². The number of carbonyl (C=O) groups excluding carboxylic acids is 2. The van der Waals surface area contributed by atoms with Crippen molar-refractivity contribution in [2.24, 2.45) is 0 Å². The second-order valence-electron chi connectivity index (χ2n) is 6.20. The maximum Gasteiger partial charge on any atom is 0.276 e. The highest BCUT2D eigenvalue weighted by molar-refractivity contribution is 6.31. The van der Waals surface area contributed by atoms with Gasteiger partial charge in [-0.3, -0.25) is 15.0 Å². The number of carbonyl (C=O) groups is 2. The lowest BCUT2D eigenvalue weighted by Crippen LogP contribution is -2.53. The van der Waals surface area contributed by atoms with Crippen LogP contribution in [0.3, 0.4) is 0 Å². The molecule has 7 nitrogen and oxygen atoms in total. The second-order valence-corrected chi connectivity index (χ2v) is 7.08. The van der Waals surface area contributed by atoms with Crippen molar-refractivity contribution in [2.45, 2.75) is 6.17 Å². The van der Waals surface area contributed by atoms with Crippen LogP contribution in [0.4, 0.5) is 5.69 Å². The van der Waals surface area contributed by atoms with Crippen LogP contribution in [0, 0.1) is 0 Å². The lowest BCUT2D eigenvalue weighted by atomic mass is 10.1. The molecule has 1 aliphatic rings. The molecule has 2 aromatic carbocycles. The third-order valence-electron chi connectivity index (χ3n) is 4.22. The third kappa shape index (κ3) is 4.16. The molecule has 3 aromatic rings. The van der Waals surface area contributed by atoms with Crippen molar-refractivity contribution >= 4 is 40.7 Å². The van der Waals surface area contributed by atoms with E-state index in [4.69, 9.17) is 32.4 Å². The molecule has 1 aromatic heterocycles. The van der Waals surface area contributed by atoms with Crippen LogP contribution in [0.15, 0.2) is 65.3 Å². The molecule has 0 saturated heterocycles. The number of halogens is 2. The Morgan fingerprint density at radius 3 is 2.62 bits per heavy atom. The number of hydrogen-bond acceptors (Lipinski definition) is 5. The Kier molecular flexibility index (Phi) is 5.33. The molecule has 2 N–H and O–H groups in total. The van der Waals surface area contributed by atoms with Crippen LogP contribution in [0.1, 0.15) is 22.3 Å². The standard InChI is InChI=1S/C20H15Cl2N3O4/c21-12-3-6-14(7-4-12)29-11-18(26)24-25-19(17-2-1-9-28-17)23-16-8-5-13(22)10-15(16)20(25)27/h1-10,19,23H,11H2,(H,24,26). The highest BCUT2D eigenvalue weighted by Gasteiger charge is 2.36. The van der Waals surface area contributed by atoms with Gasteiger partial charge in [0.15, 0.2) is 12.8 Å². The van der Waals surface area contributed by atoms with E-state index in [1.807, 2.05) is 0 Å². The van der Waals surface area contributed by atoms with E-state index in [-0.39, 0.29) is 6.61 Å². The van der Waals surface area contributed by atoms with Gasteiger partial charge in [-0.2, -0.15) is 0 Å². The number of hydrazine groups is 1. The Bertz CT molecular complexity index is 1040. The summed E-state index contributed by atoms with van der Waals surface area (Å²) in [7, 11) is 0. The van der Waals surface area contributed by atoms with Crippen LogP contribution < -0.4 is 15.5 Å². The van der Waals surface area contributed by atoms with Crippen molar-refractivity contribution in [2.75, 3.05) is 11.9 Å².